The average Bonchev–Trinajstić information content (AvgIpc) is 2.63. The van der Waals surface area contributed by atoms with Crippen LogP contribution in [0.15, 0.2) is 24.3 Å². The third-order valence-electron chi connectivity index (χ3n) is 2.52. The maximum Gasteiger partial charge on any atom is 0.340 e. The first-order valence-electron chi connectivity index (χ1n) is 5.03. The Morgan fingerprint density at radius 1 is 1.47 bits per heavy atom. The third-order valence-corrected chi connectivity index (χ3v) is 2.52. The number of aliphatic carboxylic acids is 1. The molecular weight excluding hydrogens is 226 g/mol. The van der Waals surface area contributed by atoms with Crippen LogP contribution in [0.2, 0.25) is 0 Å². The highest BCUT2D eigenvalue weighted by Crippen LogP contribution is 2.28. The maximum atomic E-state index is 11.4. The molecule has 0 radical (unpaired) electrons. The number of carbonyl (C=O) groups is 2. The zero-order chi connectivity index (χ0) is 12.4. The molecule has 0 saturated carbocycles. The van der Waals surface area contributed by atoms with Crippen LogP contribution in [-0.4, -0.2) is 34.8 Å². The highest BCUT2D eigenvalue weighted by Gasteiger charge is 2.33. The number of aliphatic hydroxyl groups is 1. The van der Waals surface area contributed by atoms with Crippen molar-refractivity contribution in [3.63, 3.8) is 0 Å². The second-order valence-electron chi connectivity index (χ2n) is 3.61. The molecule has 0 aromatic heterocycles. The van der Waals surface area contributed by atoms with E-state index >= 15 is 0 Å². The number of ether oxygens (including phenoxy) is 1. The lowest BCUT2D eigenvalue weighted by molar-refractivity contribution is -0.141. The van der Waals surface area contributed by atoms with Gasteiger partial charge in [0, 0.05) is 5.56 Å². The molecule has 0 spiro atoms. The second-order valence-corrected chi connectivity index (χ2v) is 3.61. The minimum Gasteiger partial charge on any atom is -0.480 e. The minimum absolute atomic E-state index is 0.409. The Labute approximate surface area is 96.8 Å². The fraction of sp³-hybridized carbons (Fsp3) is 0.273. The number of hydrogen-bond donors (Lipinski definition) is 3. The van der Waals surface area contributed by atoms with E-state index in [0.717, 1.165) is 0 Å². The Bertz CT molecular complexity index is 459. The molecule has 1 heterocycles. The van der Waals surface area contributed by atoms with E-state index in [0.29, 0.717) is 11.1 Å². The Balaban J connectivity index is 2.20. The number of fused-ring (bicyclic) bond motifs is 1. The van der Waals surface area contributed by atoms with Crippen LogP contribution in [-0.2, 0) is 9.53 Å². The fourth-order valence-corrected chi connectivity index (χ4v) is 1.65. The van der Waals surface area contributed by atoms with Gasteiger partial charge < -0.3 is 14.9 Å². The molecule has 17 heavy (non-hydrogen) atoms. The van der Waals surface area contributed by atoms with Gasteiger partial charge in [0.05, 0.1) is 12.2 Å². The van der Waals surface area contributed by atoms with Gasteiger partial charge in [0.2, 0.25) is 0 Å². The Morgan fingerprint density at radius 2 is 2.18 bits per heavy atom. The molecule has 1 aliphatic heterocycles. The molecule has 1 aromatic carbocycles. The summed E-state index contributed by atoms with van der Waals surface area (Å²) in [6.45, 7) is -0.578. The van der Waals surface area contributed by atoms with Crippen molar-refractivity contribution in [1.82, 2.24) is 5.32 Å². The number of carboxylic acid groups (broad SMARTS) is 1. The summed E-state index contributed by atoms with van der Waals surface area (Å²) in [5.74, 6) is -1.70. The van der Waals surface area contributed by atoms with Crippen molar-refractivity contribution >= 4 is 11.9 Å². The van der Waals surface area contributed by atoms with E-state index in [4.69, 9.17) is 14.9 Å². The van der Waals surface area contributed by atoms with E-state index in [1.54, 1.807) is 24.3 Å². The van der Waals surface area contributed by atoms with Gasteiger partial charge in [-0.25, -0.2) is 4.79 Å². The number of rotatable bonds is 4. The van der Waals surface area contributed by atoms with Gasteiger partial charge in [-0.1, -0.05) is 18.2 Å². The van der Waals surface area contributed by atoms with Crippen LogP contribution in [0.4, 0.5) is 0 Å². The zero-order valence-electron chi connectivity index (χ0n) is 8.79. The van der Waals surface area contributed by atoms with E-state index < -0.39 is 30.8 Å². The minimum atomic E-state index is -1.20. The zero-order valence-corrected chi connectivity index (χ0v) is 8.79. The van der Waals surface area contributed by atoms with E-state index in [-0.39, 0.29) is 0 Å². The number of aliphatic hydroxyl groups excluding tert-OH is 1. The Morgan fingerprint density at radius 3 is 2.82 bits per heavy atom. The first-order valence-corrected chi connectivity index (χ1v) is 5.03. The van der Waals surface area contributed by atoms with Crippen molar-refractivity contribution in [2.24, 2.45) is 0 Å². The van der Waals surface area contributed by atoms with Gasteiger partial charge in [-0.3, -0.25) is 10.1 Å². The number of hydrogen-bond acceptors (Lipinski definition) is 5. The third kappa shape index (κ3) is 2.13. The second kappa shape index (κ2) is 4.52. The quantitative estimate of drug-likeness (QED) is 0.632. The lowest BCUT2D eigenvalue weighted by atomic mass is 10.1. The lowest BCUT2D eigenvalue weighted by Gasteiger charge is -2.17. The van der Waals surface area contributed by atoms with Crippen LogP contribution in [0.1, 0.15) is 22.1 Å². The molecular formula is C11H11NO5. The van der Waals surface area contributed by atoms with Crippen molar-refractivity contribution in [1.29, 1.82) is 0 Å². The summed E-state index contributed by atoms with van der Waals surface area (Å²) in [7, 11) is 0. The molecule has 2 unspecified atom stereocenters. The summed E-state index contributed by atoms with van der Waals surface area (Å²) in [6.07, 6.45) is -0.827. The molecule has 0 fully saturated rings. The van der Waals surface area contributed by atoms with Gasteiger partial charge in [0.15, 0.2) is 6.23 Å². The van der Waals surface area contributed by atoms with Crippen LogP contribution in [0.25, 0.3) is 0 Å². The fourth-order valence-electron chi connectivity index (χ4n) is 1.65. The normalized spacial score (nSPS) is 19.6. The number of cyclic esters (lactones) is 1. The molecule has 90 valence electrons. The van der Waals surface area contributed by atoms with Crippen molar-refractivity contribution in [3.8, 4) is 0 Å². The predicted octanol–water partition coefficient (Wildman–Crippen LogP) is -0.109. The van der Waals surface area contributed by atoms with Crippen LogP contribution < -0.4 is 5.32 Å². The molecule has 0 bridgehead atoms. The van der Waals surface area contributed by atoms with Crippen molar-refractivity contribution in [2.45, 2.75) is 12.3 Å². The molecule has 1 aliphatic rings. The smallest absolute Gasteiger partial charge is 0.340 e. The van der Waals surface area contributed by atoms with Gasteiger partial charge in [0.1, 0.15) is 6.04 Å². The standard InChI is InChI=1S/C11H11NO5/c13-5-8(10(14)15)12-9-6-3-1-2-4-7(6)11(16)17-9/h1-4,8-9,12-13H,5H2,(H,14,15). The SMILES string of the molecule is O=C1OC(NC(CO)C(=O)O)c2ccccc21. The number of carboxylic acids is 1. The van der Waals surface area contributed by atoms with Crippen LogP contribution in [0, 0.1) is 0 Å². The van der Waals surface area contributed by atoms with Crippen molar-refractivity contribution < 1.29 is 24.5 Å². The molecule has 2 rings (SSSR count). The van der Waals surface area contributed by atoms with Crippen LogP contribution in [0.3, 0.4) is 0 Å². The molecule has 0 aliphatic carbocycles. The Kier molecular flexibility index (Phi) is 3.08. The first kappa shape index (κ1) is 11.6. The first-order chi connectivity index (χ1) is 8.13. The van der Waals surface area contributed by atoms with Crippen LogP contribution >= 0.6 is 0 Å². The molecule has 6 nitrogen and oxygen atoms in total. The lowest BCUT2D eigenvalue weighted by Crippen LogP contribution is -2.41. The summed E-state index contributed by atoms with van der Waals surface area (Å²) in [5, 5.41) is 20.2. The Hall–Kier alpha value is -1.92. The largest absolute Gasteiger partial charge is 0.480 e. The van der Waals surface area contributed by atoms with E-state index in [2.05, 4.69) is 5.32 Å². The van der Waals surface area contributed by atoms with Gasteiger partial charge in [0.25, 0.3) is 0 Å². The molecule has 6 heteroatoms. The van der Waals surface area contributed by atoms with E-state index in [9.17, 15) is 9.59 Å². The van der Waals surface area contributed by atoms with Crippen molar-refractivity contribution in [2.75, 3.05) is 6.61 Å². The van der Waals surface area contributed by atoms with E-state index in [1.807, 2.05) is 0 Å². The molecule has 1 aromatic rings. The number of benzene rings is 1. The summed E-state index contributed by atoms with van der Waals surface area (Å²) >= 11 is 0. The van der Waals surface area contributed by atoms with Crippen LogP contribution in [0.5, 0.6) is 0 Å². The van der Waals surface area contributed by atoms with E-state index in [1.165, 1.54) is 0 Å². The number of esters is 1. The van der Waals surface area contributed by atoms with Gasteiger partial charge in [-0.15, -0.1) is 0 Å². The molecule has 0 saturated heterocycles. The number of nitrogens with one attached hydrogen (secondary N) is 1. The highest BCUT2D eigenvalue weighted by atomic mass is 16.6. The molecule has 2 atom stereocenters. The van der Waals surface area contributed by atoms with Gasteiger partial charge >= 0.3 is 11.9 Å². The predicted molar refractivity (Wildman–Crippen MR) is 56.2 cm³/mol. The monoisotopic (exact) mass is 237 g/mol. The average molecular weight is 237 g/mol. The van der Waals surface area contributed by atoms with Gasteiger partial charge in [-0.05, 0) is 6.07 Å². The summed E-state index contributed by atoms with van der Waals surface area (Å²) in [6, 6.07) is 5.54. The molecule has 3 N–H and O–H groups in total. The maximum absolute atomic E-state index is 11.4. The van der Waals surface area contributed by atoms with Gasteiger partial charge in [-0.2, -0.15) is 0 Å². The molecule has 0 amide bonds. The topological polar surface area (TPSA) is 95.9 Å². The highest BCUT2D eigenvalue weighted by molar-refractivity contribution is 5.94. The summed E-state index contributed by atoms with van der Waals surface area (Å²) in [4.78, 5) is 22.2. The summed E-state index contributed by atoms with van der Waals surface area (Å²) < 4.78 is 4.99. The number of carbonyl (C=O) groups excluding carboxylic acids is 1. The van der Waals surface area contributed by atoms with Crippen molar-refractivity contribution in [3.05, 3.63) is 35.4 Å². The summed E-state index contributed by atoms with van der Waals surface area (Å²) in [5.41, 5.74) is 0.990.